The summed E-state index contributed by atoms with van der Waals surface area (Å²) in [5, 5.41) is 13.8. The van der Waals surface area contributed by atoms with Crippen LogP contribution in [0.4, 0.5) is 0 Å². The second-order valence-corrected chi connectivity index (χ2v) is 10.0. The van der Waals surface area contributed by atoms with E-state index in [1.165, 1.54) is 64.0 Å². The van der Waals surface area contributed by atoms with Crippen molar-refractivity contribution in [2.75, 3.05) is 0 Å². The molecule has 0 N–H and O–H groups in total. The highest BCUT2D eigenvalue weighted by molar-refractivity contribution is 7.18. The summed E-state index contributed by atoms with van der Waals surface area (Å²) in [6, 6.07) is 35.6. The Balaban J connectivity index is 1.75. The Morgan fingerprint density at radius 2 is 1.31 bits per heavy atom. The van der Waals surface area contributed by atoms with Crippen LogP contribution in [0.15, 0.2) is 108 Å². The molecule has 0 saturated carbocycles. The van der Waals surface area contributed by atoms with Gasteiger partial charge >= 0.3 is 0 Å². The van der Waals surface area contributed by atoms with Crippen molar-refractivity contribution >= 4 is 65.1 Å². The lowest BCUT2D eigenvalue weighted by atomic mass is 9.89. The van der Waals surface area contributed by atoms with Crippen molar-refractivity contribution in [2.24, 2.45) is 0 Å². The highest BCUT2D eigenvalue weighted by Crippen LogP contribution is 2.46. The Morgan fingerprint density at radius 3 is 2.19 bits per heavy atom. The predicted octanol–water partition coefficient (Wildman–Crippen LogP) is 9.76. The van der Waals surface area contributed by atoms with Crippen LogP contribution in [0.2, 0.25) is 0 Å². The molecule has 0 aliphatic rings. The summed E-state index contributed by atoms with van der Waals surface area (Å²) in [7, 11) is 0. The monoisotopic (exact) mass is 442 g/mol. The van der Waals surface area contributed by atoms with E-state index in [-0.39, 0.29) is 0 Å². The maximum absolute atomic E-state index is 2.41. The Bertz CT molecular complexity index is 1750. The Morgan fingerprint density at radius 1 is 0.469 bits per heavy atom. The number of hydrogen-bond donors (Lipinski definition) is 0. The molecule has 0 spiro atoms. The molecule has 150 valence electrons. The van der Waals surface area contributed by atoms with Gasteiger partial charge in [0.2, 0.25) is 0 Å². The van der Waals surface area contributed by atoms with Crippen LogP contribution in [0.5, 0.6) is 0 Å². The normalized spacial score (nSPS) is 11.8. The third-order valence-corrected chi connectivity index (χ3v) is 8.25. The van der Waals surface area contributed by atoms with Crippen LogP contribution in [-0.2, 0) is 0 Å². The summed E-state index contributed by atoms with van der Waals surface area (Å²) in [5.74, 6) is 0. The first-order valence-electron chi connectivity index (χ1n) is 10.8. The van der Waals surface area contributed by atoms with Crippen molar-refractivity contribution in [3.63, 3.8) is 0 Å². The van der Waals surface area contributed by atoms with Gasteiger partial charge in [0.15, 0.2) is 0 Å². The molecule has 2 aromatic heterocycles. The van der Waals surface area contributed by atoms with Crippen LogP contribution in [0.3, 0.4) is 0 Å². The van der Waals surface area contributed by atoms with E-state index >= 15 is 0 Å². The summed E-state index contributed by atoms with van der Waals surface area (Å²) < 4.78 is 1.38. The average molecular weight is 443 g/mol. The number of rotatable bonds is 2. The number of hydrogen-bond acceptors (Lipinski definition) is 2. The fourth-order valence-electron chi connectivity index (χ4n) is 5.01. The van der Waals surface area contributed by atoms with Gasteiger partial charge in [0.1, 0.15) is 0 Å². The molecule has 2 heterocycles. The SMILES string of the molecule is c1ccc(-c2cc3cc(-c4cccs4)c4ccc5ccccc5c4c3c3sccc23)cc1. The van der Waals surface area contributed by atoms with Gasteiger partial charge < -0.3 is 0 Å². The lowest BCUT2D eigenvalue weighted by molar-refractivity contribution is 1.68. The zero-order chi connectivity index (χ0) is 21.1. The van der Waals surface area contributed by atoms with Crippen molar-refractivity contribution in [3.05, 3.63) is 108 Å². The molecule has 2 heteroatoms. The van der Waals surface area contributed by atoms with Crippen LogP contribution in [0.25, 0.3) is 64.0 Å². The number of fused-ring (bicyclic) bond motifs is 7. The largest absolute Gasteiger partial charge is 0.144 e. The fourth-order valence-corrected chi connectivity index (χ4v) is 6.75. The first-order valence-corrected chi connectivity index (χ1v) is 12.5. The Kier molecular flexibility index (Phi) is 3.98. The molecular weight excluding hydrogens is 424 g/mol. The van der Waals surface area contributed by atoms with E-state index in [9.17, 15) is 0 Å². The van der Waals surface area contributed by atoms with Crippen LogP contribution >= 0.6 is 22.7 Å². The summed E-state index contributed by atoms with van der Waals surface area (Å²) in [5.41, 5.74) is 3.91. The first kappa shape index (κ1) is 18.1. The third kappa shape index (κ3) is 2.60. The van der Waals surface area contributed by atoms with Gasteiger partial charge in [-0.2, -0.15) is 0 Å². The summed E-state index contributed by atoms with van der Waals surface area (Å²) in [6.07, 6.45) is 0. The van der Waals surface area contributed by atoms with Gasteiger partial charge in [-0.25, -0.2) is 0 Å². The van der Waals surface area contributed by atoms with E-state index in [1.807, 2.05) is 22.7 Å². The molecule has 0 atom stereocenters. The number of thiophene rings is 2. The zero-order valence-electron chi connectivity index (χ0n) is 17.2. The minimum Gasteiger partial charge on any atom is -0.144 e. The zero-order valence-corrected chi connectivity index (χ0v) is 18.8. The molecule has 0 radical (unpaired) electrons. The molecule has 0 aliphatic heterocycles. The van der Waals surface area contributed by atoms with Crippen LogP contribution in [0.1, 0.15) is 0 Å². The summed E-state index contributed by atoms with van der Waals surface area (Å²) in [4.78, 5) is 1.32. The van der Waals surface area contributed by atoms with E-state index < -0.39 is 0 Å². The van der Waals surface area contributed by atoms with Crippen molar-refractivity contribution < 1.29 is 0 Å². The first-order chi connectivity index (χ1) is 15.9. The molecule has 0 unspecified atom stereocenters. The van der Waals surface area contributed by atoms with Gasteiger partial charge in [-0.3, -0.25) is 0 Å². The topological polar surface area (TPSA) is 0 Å². The van der Waals surface area contributed by atoms with E-state index in [2.05, 4.69) is 108 Å². The van der Waals surface area contributed by atoms with Crippen molar-refractivity contribution in [1.29, 1.82) is 0 Å². The van der Waals surface area contributed by atoms with E-state index in [0.717, 1.165) is 0 Å². The maximum Gasteiger partial charge on any atom is 0.0433 e. The lowest BCUT2D eigenvalue weighted by Crippen LogP contribution is -1.87. The number of benzene rings is 5. The third-order valence-electron chi connectivity index (χ3n) is 6.41. The van der Waals surface area contributed by atoms with E-state index in [1.54, 1.807) is 0 Å². The molecule has 7 aromatic rings. The van der Waals surface area contributed by atoms with E-state index in [4.69, 9.17) is 0 Å². The van der Waals surface area contributed by atoms with Gasteiger partial charge in [-0.05, 0) is 73.1 Å². The predicted molar refractivity (Wildman–Crippen MR) is 143 cm³/mol. The van der Waals surface area contributed by atoms with Crippen LogP contribution in [-0.4, -0.2) is 0 Å². The van der Waals surface area contributed by atoms with Gasteiger partial charge in [0.25, 0.3) is 0 Å². The maximum atomic E-state index is 2.41. The Labute approximate surface area is 194 Å². The fraction of sp³-hybridized carbons (Fsp3) is 0. The molecule has 0 bridgehead atoms. The highest BCUT2D eigenvalue weighted by atomic mass is 32.1. The van der Waals surface area contributed by atoms with Crippen LogP contribution < -0.4 is 0 Å². The summed E-state index contributed by atoms with van der Waals surface area (Å²) >= 11 is 3.67. The van der Waals surface area contributed by atoms with Gasteiger partial charge in [-0.15, -0.1) is 22.7 Å². The van der Waals surface area contributed by atoms with Gasteiger partial charge in [0.05, 0.1) is 0 Å². The van der Waals surface area contributed by atoms with Gasteiger partial charge in [0, 0.05) is 25.9 Å². The van der Waals surface area contributed by atoms with Crippen molar-refractivity contribution in [1.82, 2.24) is 0 Å². The standard InChI is InChI=1S/C30H18S2/c1-2-7-19(8-3-1)25-17-21-18-26(27-11-6-15-31-27)23-13-12-20-9-4-5-10-22(20)29(23)28(21)30-24(25)14-16-32-30/h1-18H. The van der Waals surface area contributed by atoms with Crippen molar-refractivity contribution in [2.45, 2.75) is 0 Å². The molecule has 7 rings (SSSR count). The molecule has 32 heavy (non-hydrogen) atoms. The smallest absolute Gasteiger partial charge is 0.0433 e. The second kappa shape index (κ2) is 7.03. The minimum absolute atomic E-state index is 1.27. The van der Waals surface area contributed by atoms with Crippen molar-refractivity contribution in [3.8, 4) is 21.6 Å². The molecule has 0 amide bonds. The molecule has 5 aromatic carbocycles. The highest BCUT2D eigenvalue weighted by Gasteiger charge is 2.17. The lowest BCUT2D eigenvalue weighted by Gasteiger charge is -2.15. The Hall–Kier alpha value is -3.46. The molecule has 0 aliphatic carbocycles. The molecular formula is C30H18S2. The van der Waals surface area contributed by atoms with Crippen LogP contribution in [0, 0.1) is 0 Å². The molecule has 0 fully saturated rings. The molecule has 0 nitrogen and oxygen atoms in total. The second-order valence-electron chi connectivity index (χ2n) is 8.16. The van der Waals surface area contributed by atoms with Gasteiger partial charge in [-0.1, -0.05) is 72.8 Å². The quantitative estimate of drug-likeness (QED) is 0.234. The average Bonchev–Trinajstić information content (AvgIpc) is 3.56. The summed E-state index contributed by atoms with van der Waals surface area (Å²) in [6.45, 7) is 0. The van der Waals surface area contributed by atoms with E-state index in [0.29, 0.717) is 0 Å². The molecule has 0 saturated heterocycles. The minimum atomic E-state index is 1.27.